The van der Waals surface area contributed by atoms with E-state index in [0.29, 0.717) is 41.0 Å². The zero-order chi connectivity index (χ0) is 24.6. The van der Waals surface area contributed by atoms with Gasteiger partial charge in [0.2, 0.25) is 0 Å². The summed E-state index contributed by atoms with van der Waals surface area (Å²) in [6, 6.07) is 17.4. The van der Waals surface area contributed by atoms with Crippen LogP contribution in [-0.2, 0) is 14.8 Å². The van der Waals surface area contributed by atoms with E-state index >= 15 is 0 Å². The number of sulfonamides is 1. The minimum absolute atomic E-state index is 0.0588. The number of carbonyl (C=O) groups excluding carboxylic acids is 1. The molecular weight excluding hydrogens is 460 g/mol. The van der Waals surface area contributed by atoms with E-state index in [-0.39, 0.29) is 17.4 Å². The Morgan fingerprint density at radius 2 is 1.38 bits per heavy atom. The van der Waals surface area contributed by atoms with Gasteiger partial charge >= 0.3 is 0 Å². The largest absolute Gasteiger partial charge is 0.494 e. The van der Waals surface area contributed by atoms with Crippen LogP contribution in [0.4, 0.5) is 11.4 Å². The Morgan fingerprint density at radius 3 is 2.00 bits per heavy atom. The maximum atomic E-state index is 12.6. The SMILES string of the molecule is CCOc1ccc(NS(=O)(=O)c2ccc(OCC(=O)Nc3ccc(OC)c(OC)c3)cc2)cc1. The highest BCUT2D eigenvalue weighted by Crippen LogP contribution is 2.29. The molecule has 0 aliphatic heterocycles. The van der Waals surface area contributed by atoms with Gasteiger partial charge < -0.3 is 24.3 Å². The molecule has 3 rings (SSSR count). The van der Waals surface area contributed by atoms with Crippen molar-refractivity contribution in [1.29, 1.82) is 0 Å². The normalized spacial score (nSPS) is 10.8. The molecule has 0 saturated carbocycles. The summed E-state index contributed by atoms with van der Waals surface area (Å²) in [5.41, 5.74) is 0.934. The van der Waals surface area contributed by atoms with Crippen LogP contribution in [0, 0.1) is 0 Å². The number of hydrogen-bond acceptors (Lipinski definition) is 7. The fourth-order valence-electron chi connectivity index (χ4n) is 2.97. The molecule has 0 radical (unpaired) electrons. The summed E-state index contributed by atoms with van der Waals surface area (Å²) in [4.78, 5) is 12.3. The summed E-state index contributed by atoms with van der Waals surface area (Å²) in [6.45, 7) is 2.14. The maximum Gasteiger partial charge on any atom is 0.262 e. The lowest BCUT2D eigenvalue weighted by Gasteiger charge is -2.12. The Bertz CT molecular complexity index is 1210. The van der Waals surface area contributed by atoms with Crippen LogP contribution in [0.5, 0.6) is 23.0 Å². The van der Waals surface area contributed by atoms with Crippen molar-refractivity contribution >= 4 is 27.3 Å². The van der Waals surface area contributed by atoms with Crippen LogP contribution in [0.3, 0.4) is 0 Å². The first-order valence-electron chi connectivity index (χ1n) is 10.3. The van der Waals surface area contributed by atoms with Crippen LogP contribution in [0.2, 0.25) is 0 Å². The molecule has 0 unspecified atom stereocenters. The number of anilines is 2. The zero-order valence-electron chi connectivity index (χ0n) is 19.0. The summed E-state index contributed by atoms with van der Waals surface area (Å²) in [5, 5.41) is 2.70. The molecule has 0 heterocycles. The maximum absolute atomic E-state index is 12.6. The smallest absolute Gasteiger partial charge is 0.262 e. The molecule has 0 fully saturated rings. The summed E-state index contributed by atoms with van der Waals surface area (Å²) >= 11 is 0. The molecule has 0 aliphatic carbocycles. The van der Waals surface area contributed by atoms with Gasteiger partial charge in [-0.15, -0.1) is 0 Å². The molecule has 34 heavy (non-hydrogen) atoms. The highest BCUT2D eigenvalue weighted by atomic mass is 32.2. The molecule has 0 spiro atoms. The lowest BCUT2D eigenvalue weighted by atomic mass is 10.2. The summed E-state index contributed by atoms with van der Waals surface area (Å²) < 4.78 is 49.0. The lowest BCUT2D eigenvalue weighted by molar-refractivity contribution is -0.118. The first kappa shape index (κ1) is 24.7. The van der Waals surface area contributed by atoms with Crippen molar-refractivity contribution in [2.75, 3.05) is 37.5 Å². The van der Waals surface area contributed by atoms with E-state index in [1.807, 2.05) is 6.92 Å². The van der Waals surface area contributed by atoms with E-state index < -0.39 is 10.0 Å². The van der Waals surface area contributed by atoms with Gasteiger partial charge in [-0.05, 0) is 67.6 Å². The van der Waals surface area contributed by atoms with E-state index in [1.54, 1.807) is 42.5 Å². The molecule has 9 nitrogen and oxygen atoms in total. The Kier molecular flexibility index (Phi) is 8.20. The van der Waals surface area contributed by atoms with Gasteiger partial charge in [-0.1, -0.05) is 0 Å². The van der Waals surface area contributed by atoms with E-state index in [0.717, 1.165) is 0 Å². The van der Waals surface area contributed by atoms with Gasteiger partial charge in [0.25, 0.3) is 15.9 Å². The van der Waals surface area contributed by atoms with Gasteiger partial charge in [-0.2, -0.15) is 0 Å². The molecule has 3 aromatic carbocycles. The van der Waals surface area contributed by atoms with Gasteiger partial charge in [-0.25, -0.2) is 8.42 Å². The van der Waals surface area contributed by atoms with Crippen LogP contribution in [0.25, 0.3) is 0 Å². The average Bonchev–Trinajstić information content (AvgIpc) is 2.84. The number of carbonyl (C=O) groups is 1. The highest BCUT2D eigenvalue weighted by molar-refractivity contribution is 7.92. The standard InChI is InChI=1S/C24H26N2O7S/c1-4-32-19-8-5-17(6-9-19)26-34(28,29)21-12-10-20(11-13-21)33-16-24(27)25-18-7-14-22(30-2)23(15-18)31-3/h5-15,26H,4,16H2,1-3H3,(H,25,27). The monoisotopic (exact) mass is 486 g/mol. The first-order valence-corrected chi connectivity index (χ1v) is 11.8. The van der Waals surface area contributed by atoms with Crippen molar-refractivity contribution in [1.82, 2.24) is 0 Å². The molecule has 1 amide bonds. The van der Waals surface area contributed by atoms with Crippen molar-refractivity contribution in [2.45, 2.75) is 11.8 Å². The van der Waals surface area contributed by atoms with E-state index in [1.165, 1.54) is 38.5 Å². The third-order valence-electron chi connectivity index (χ3n) is 4.59. The minimum Gasteiger partial charge on any atom is -0.494 e. The number of rotatable bonds is 11. The fourth-order valence-corrected chi connectivity index (χ4v) is 4.03. The molecule has 3 aromatic rings. The van der Waals surface area contributed by atoms with Crippen molar-refractivity contribution in [3.05, 3.63) is 66.7 Å². The van der Waals surface area contributed by atoms with Gasteiger partial charge in [-0.3, -0.25) is 9.52 Å². The number of methoxy groups -OCH3 is 2. The summed E-state index contributed by atoms with van der Waals surface area (Å²) in [5.74, 6) is 1.64. The van der Waals surface area contributed by atoms with Crippen LogP contribution < -0.4 is 29.0 Å². The predicted molar refractivity (Wildman–Crippen MR) is 129 cm³/mol. The van der Waals surface area contributed by atoms with Crippen LogP contribution >= 0.6 is 0 Å². The summed E-state index contributed by atoms with van der Waals surface area (Å²) in [6.07, 6.45) is 0. The Labute approximate surface area is 198 Å². The summed E-state index contributed by atoms with van der Waals surface area (Å²) in [7, 11) is -0.759. The van der Waals surface area contributed by atoms with Crippen molar-refractivity contribution in [3.8, 4) is 23.0 Å². The van der Waals surface area contributed by atoms with Crippen LogP contribution in [0.15, 0.2) is 71.6 Å². The van der Waals surface area contributed by atoms with Gasteiger partial charge in [0.1, 0.15) is 11.5 Å². The van der Waals surface area contributed by atoms with Crippen molar-refractivity contribution < 1.29 is 32.2 Å². The first-order chi connectivity index (χ1) is 16.3. The molecule has 0 aliphatic rings. The molecule has 10 heteroatoms. The third kappa shape index (κ3) is 6.55. The van der Waals surface area contributed by atoms with Gasteiger partial charge in [0, 0.05) is 17.4 Å². The number of nitrogens with one attached hydrogen (secondary N) is 2. The fraction of sp³-hybridized carbons (Fsp3) is 0.208. The Balaban J connectivity index is 1.56. The van der Waals surface area contributed by atoms with Crippen molar-refractivity contribution in [3.63, 3.8) is 0 Å². The quantitative estimate of drug-likeness (QED) is 0.422. The predicted octanol–water partition coefficient (Wildman–Crippen LogP) is 3.92. The number of benzene rings is 3. The second kappa shape index (κ2) is 11.3. The minimum atomic E-state index is -3.79. The highest BCUT2D eigenvalue weighted by Gasteiger charge is 2.15. The second-order valence-corrected chi connectivity index (χ2v) is 8.62. The molecule has 2 N–H and O–H groups in total. The Morgan fingerprint density at radius 1 is 0.794 bits per heavy atom. The second-order valence-electron chi connectivity index (χ2n) is 6.94. The molecule has 0 atom stereocenters. The van der Waals surface area contributed by atoms with Gasteiger partial charge in [0.05, 0.1) is 25.7 Å². The lowest BCUT2D eigenvalue weighted by Crippen LogP contribution is -2.20. The molecule has 180 valence electrons. The van der Waals surface area contributed by atoms with E-state index in [9.17, 15) is 13.2 Å². The van der Waals surface area contributed by atoms with Crippen LogP contribution in [-0.4, -0.2) is 41.8 Å². The topological polar surface area (TPSA) is 112 Å². The van der Waals surface area contributed by atoms with Crippen molar-refractivity contribution in [2.24, 2.45) is 0 Å². The van der Waals surface area contributed by atoms with Gasteiger partial charge in [0.15, 0.2) is 18.1 Å². The molecule has 0 aromatic heterocycles. The zero-order valence-corrected chi connectivity index (χ0v) is 19.8. The van der Waals surface area contributed by atoms with E-state index in [4.69, 9.17) is 18.9 Å². The molecule has 0 saturated heterocycles. The third-order valence-corrected chi connectivity index (χ3v) is 5.99. The average molecular weight is 487 g/mol. The number of hydrogen-bond donors (Lipinski definition) is 2. The molecule has 0 bridgehead atoms. The Hall–Kier alpha value is -3.92. The van der Waals surface area contributed by atoms with Crippen LogP contribution in [0.1, 0.15) is 6.92 Å². The number of ether oxygens (including phenoxy) is 4. The van der Waals surface area contributed by atoms with E-state index in [2.05, 4.69) is 10.0 Å². The molecular formula is C24H26N2O7S. The number of amides is 1.